The molecule has 0 unspecified atom stereocenters. The molecule has 1 aromatic heterocycles. The molecule has 0 atom stereocenters. The van der Waals surface area contributed by atoms with Gasteiger partial charge in [-0.3, -0.25) is 4.68 Å². The fraction of sp³-hybridized carbons (Fsp3) is 0.167. The maximum Gasteiger partial charge on any atom is 0.331 e. The van der Waals surface area contributed by atoms with Gasteiger partial charge < -0.3 is 11.6 Å². The second kappa shape index (κ2) is 6.44. The van der Waals surface area contributed by atoms with E-state index in [0.29, 0.717) is 16.8 Å². The Labute approximate surface area is 148 Å². The van der Waals surface area contributed by atoms with Gasteiger partial charge in [-0.1, -0.05) is 30.3 Å². The van der Waals surface area contributed by atoms with E-state index in [-0.39, 0.29) is 12.1 Å². The standard InChI is InChI=1S/C18H16F2N6/c1-11-15-7-6-14(18(19,20)17(22)24-23)8-16(15)26(25-11)10-13-5-3-2-4-12(13)9-21/h2-8H,10,23H2,1H3,(H2,22,24). The summed E-state index contributed by atoms with van der Waals surface area (Å²) in [6.45, 7) is 2.08. The highest BCUT2D eigenvalue weighted by molar-refractivity contribution is 5.90. The lowest BCUT2D eigenvalue weighted by Gasteiger charge is -2.15. The van der Waals surface area contributed by atoms with Gasteiger partial charge in [-0.2, -0.15) is 24.2 Å². The number of hydrogen-bond acceptors (Lipinski definition) is 4. The topological polar surface area (TPSA) is 106 Å². The van der Waals surface area contributed by atoms with Gasteiger partial charge in [-0.15, -0.1) is 0 Å². The van der Waals surface area contributed by atoms with Crippen LogP contribution in [-0.4, -0.2) is 15.6 Å². The van der Waals surface area contributed by atoms with Crippen LogP contribution >= 0.6 is 0 Å². The van der Waals surface area contributed by atoms with Gasteiger partial charge in [0.2, 0.25) is 0 Å². The maximum absolute atomic E-state index is 14.4. The van der Waals surface area contributed by atoms with Gasteiger partial charge in [0.05, 0.1) is 29.4 Å². The van der Waals surface area contributed by atoms with Gasteiger partial charge in [0, 0.05) is 10.9 Å². The van der Waals surface area contributed by atoms with E-state index in [1.54, 1.807) is 35.9 Å². The zero-order valence-electron chi connectivity index (χ0n) is 13.9. The van der Waals surface area contributed by atoms with Crippen LogP contribution in [0.5, 0.6) is 0 Å². The fourth-order valence-electron chi connectivity index (χ4n) is 2.81. The third-order valence-electron chi connectivity index (χ3n) is 4.22. The number of aryl methyl sites for hydroxylation is 1. The fourth-order valence-corrected chi connectivity index (χ4v) is 2.81. The van der Waals surface area contributed by atoms with Crippen LogP contribution in [0.15, 0.2) is 47.6 Å². The zero-order valence-corrected chi connectivity index (χ0v) is 13.9. The minimum absolute atomic E-state index is 0.281. The number of nitrogens with zero attached hydrogens (tertiary/aromatic N) is 4. The first kappa shape index (κ1) is 17.4. The highest BCUT2D eigenvalue weighted by Crippen LogP contribution is 2.31. The number of fused-ring (bicyclic) bond motifs is 1. The van der Waals surface area contributed by atoms with Crippen molar-refractivity contribution in [2.75, 3.05) is 0 Å². The van der Waals surface area contributed by atoms with Crippen molar-refractivity contribution in [1.29, 1.82) is 5.26 Å². The van der Waals surface area contributed by atoms with E-state index in [1.807, 2.05) is 6.07 Å². The van der Waals surface area contributed by atoms with Crippen LogP contribution in [0.3, 0.4) is 0 Å². The van der Waals surface area contributed by atoms with E-state index in [1.165, 1.54) is 12.1 Å². The molecule has 0 aliphatic carbocycles. The molecule has 0 fully saturated rings. The minimum atomic E-state index is -3.49. The van der Waals surface area contributed by atoms with Crippen LogP contribution in [-0.2, 0) is 12.5 Å². The molecule has 0 aliphatic rings. The summed E-state index contributed by atoms with van der Waals surface area (Å²) in [7, 11) is 0. The highest BCUT2D eigenvalue weighted by Gasteiger charge is 2.37. The Kier molecular flexibility index (Phi) is 4.30. The first-order valence-electron chi connectivity index (χ1n) is 7.75. The van der Waals surface area contributed by atoms with Crippen LogP contribution < -0.4 is 11.6 Å². The van der Waals surface area contributed by atoms with Crippen LogP contribution in [0.2, 0.25) is 0 Å². The SMILES string of the molecule is Cc1nn(Cc2ccccc2C#N)c2cc(C(F)(F)/C(N)=N/N)ccc12. The number of aromatic nitrogens is 2. The molecule has 0 amide bonds. The molecule has 26 heavy (non-hydrogen) atoms. The smallest absolute Gasteiger partial charge is 0.331 e. The van der Waals surface area contributed by atoms with Crippen molar-refractivity contribution in [3.63, 3.8) is 0 Å². The lowest BCUT2D eigenvalue weighted by molar-refractivity contribution is 0.0742. The third-order valence-corrected chi connectivity index (χ3v) is 4.22. The molecular formula is C18H16F2N6. The second-order valence-corrected chi connectivity index (χ2v) is 5.83. The number of amidine groups is 1. The maximum atomic E-state index is 14.4. The van der Waals surface area contributed by atoms with Crippen LogP contribution in [0, 0.1) is 18.3 Å². The van der Waals surface area contributed by atoms with Crippen molar-refractivity contribution in [2.24, 2.45) is 16.7 Å². The summed E-state index contributed by atoms with van der Waals surface area (Å²) in [5.41, 5.74) is 7.39. The molecule has 6 nitrogen and oxygen atoms in total. The second-order valence-electron chi connectivity index (χ2n) is 5.83. The highest BCUT2D eigenvalue weighted by atomic mass is 19.3. The molecule has 0 bridgehead atoms. The Balaban J connectivity index is 2.13. The van der Waals surface area contributed by atoms with Crippen LogP contribution in [0.25, 0.3) is 10.9 Å². The largest absolute Gasteiger partial charge is 0.380 e. The van der Waals surface area contributed by atoms with Gasteiger partial charge in [0.15, 0.2) is 5.84 Å². The lowest BCUT2D eigenvalue weighted by atomic mass is 10.0. The molecule has 0 saturated heterocycles. The molecule has 2 aromatic carbocycles. The molecule has 3 rings (SSSR count). The predicted octanol–water partition coefficient (Wildman–Crippen LogP) is 2.59. The Morgan fingerprint density at radius 2 is 2.04 bits per heavy atom. The normalized spacial score (nSPS) is 12.3. The summed E-state index contributed by atoms with van der Waals surface area (Å²) in [4.78, 5) is 0. The van der Waals surface area contributed by atoms with Crippen molar-refractivity contribution >= 4 is 16.7 Å². The van der Waals surface area contributed by atoms with E-state index < -0.39 is 11.8 Å². The van der Waals surface area contributed by atoms with E-state index >= 15 is 0 Å². The summed E-state index contributed by atoms with van der Waals surface area (Å²) in [6.07, 6.45) is 0. The quantitative estimate of drug-likeness (QED) is 0.325. The molecule has 0 saturated carbocycles. The number of nitriles is 1. The number of benzene rings is 2. The van der Waals surface area contributed by atoms with E-state index in [9.17, 15) is 14.0 Å². The average Bonchev–Trinajstić information content (AvgIpc) is 2.96. The predicted molar refractivity (Wildman–Crippen MR) is 94.4 cm³/mol. The van der Waals surface area contributed by atoms with E-state index in [4.69, 9.17) is 11.6 Å². The molecule has 0 aliphatic heterocycles. The lowest BCUT2D eigenvalue weighted by Crippen LogP contribution is -2.34. The van der Waals surface area contributed by atoms with Gasteiger partial charge in [0.1, 0.15) is 0 Å². The van der Waals surface area contributed by atoms with E-state index in [2.05, 4.69) is 16.3 Å². The summed E-state index contributed by atoms with van der Waals surface area (Å²) in [6, 6.07) is 13.4. The molecular weight excluding hydrogens is 338 g/mol. The molecule has 3 aromatic rings. The summed E-state index contributed by atoms with van der Waals surface area (Å²) >= 11 is 0. The summed E-state index contributed by atoms with van der Waals surface area (Å²) < 4.78 is 30.3. The van der Waals surface area contributed by atoms with Gasteiger partial charge >= 0.3 is 5.92 Å². The number of hydrogen-bond donors (Lipinski definition) is 2. The first-order valence-corrected chi connectivity index (χ1v) is 7.75. The van der Waals surface area contributed by atoms with Crippen molar-refractivity contribution < 1.29 is 8.78 Å². The van der Waals surface area contributed by atoms with E-state index in [0.717, 1.165) is 10.9 Å². The van der Waals surface area contributed by atoms with Crippen molar-refractivity contribution in [3.05, 3.63) is 64.8 Å². The Morgan fingerprint density at radius 3 is 2.73 bits per heavy atom. The Hall–Kier alpha value is -3.47. The Bertz CT molecular complexity index is 1050. The van der Waals surface area contributed by atoms with Crippen molar-refractivity contribution in [2.45, 2.75) is 19.4 Å². The molecule has 0 radical (unpaired) electrons. The summed E-state index contributed by atoms with van der Waals surface area (Å²) in [5, 5.41) is 17.3. The van der Waals surface area contributed by atoms with Gasteiger partial charge in [-0.25, -0.2) is 0 Å². The number of rotatable bonds is 4. The number of halogens is 2. The molecule has 0 spiro atoms. The van der Waals surface area contributed by atoms with Crippen LogP contribution in [0.4, 0.5) is 8.78 Å². The van der Waals surface area contributed by atoms with Gasteiger partial charge in [-0.05, 0) is 24.6 Å². The Morgan fingerprint density at radius 1 is 1.31 bits per heavy atom. The number of alkyl halides is 2. The molecule has 132 valence electrons. The third kappa shape index (κ3) is 2.84. The van der Waals surface area contributed by atoms with Crippen LogP contribution in [0.1, 0.15) is 22.4 Å². The summed E-state index contributed by atoms with van der Waals surface area (Å²) in [5.74, 6) is 0.458. The first-order chi connectivity index (χ1) is 12.4. The molecule has 8 heteroatoms. The minimum Gasteiger partial charge on any atom is -0.380 e. The van der Waals surface area contributed by atoms with Crippen molar-refractivity contribution in [3.8, 4) is 6.07 Å². The van der Waals surface area contributed by atoms with Crippen molar-refractivity contribution in [1.82, 2.24) is 9.78 Å². The average molecular weight is 354 g/mol. The number of nitrogens with two attached hydrogens (primary N) is 2. The number of hydrazone groups is 1. The monoisotopic (exact) mass is 354 g/mol. The van der Waals surface area contributed by atoms with Gasteiger partial charge in [0.25, 0.3) is 0 Å². The molecule has 1 heterocycles. The zero-order chi connectivity index (χ0) is 18.9. The molecule has 4 N–H and O–H groups in total.